The Balaban J connectivity index is 2.11. The van der Waals surface area contributed by atoms with Crippen molar-refractivity contribution in [2.45, 2.75) is 20.1 Å². The summed E-state index contributed by atoms with van der Waals surface area (Å²) in [6.07, 6.45) is 0. The second-order valence-corrected chi connectivity index (χ2v) is 5.06. The molecule has 0 unspecified atom stereocenters. The largest absolute Gasteiger partial charge is 0.497 e. The summed E-state index contributed by atoms with van der Waals surface area (Å²) >= 11 is 6.26. The highest BCUT2D eigenvalue weighted by atomic mass is 35.5. The quantitative estimate of drug-likeness (QED) is 0.837. The molecule has 0 saturated carbocycles. The van der Waals surface area contributed by atoms with Gasteiger partial charge < -0.3 is 14.8 Å². The topological polar surface area (TPSA) is 30.5 Å². The van der Waals surface area contributed by atoms with E-state index in [0.29, 0.717) is 11.6 Å². The number of rotatable bonds is 7. The Morgan fingerprint density at radius 1 is 1.14 bits per heavy atom. The molecule has 112 valence electrons. The summed E-state index contributed by atoms with van der Waals surface area (Å²) in [5, 5.41) is 3.92. The van der Waals surface area contributed by atoms with Gasteiger partial charge in [0.2, 0.25) is 0 Å². The average Bonchev–Trinajstić information content (AvgIpc) is 2.52. The van der Waals surface area contributed by atoms with Gasteiger partial charge >= 0.3 is 0 Å². The number of methoxy groups -OCH3 is 1. The molecule has 1 N–H and O–H groups in total. The number of benzene rings is 2. The van der Waals surface area contributed by atoms with Gasteiger partial charge in [-0.05, 0) is 30.3 Å². The lowest BCUT2D eigenvalue weighted by Crippen LogP contribution is -2.13. The van der Waals surface area contributed by atoms with Crippen molar-refractivity contribution < 1.29 is 9.47 Å². The van der Waals surface area contributed by atoms with Crippen LogP contribution in [-0.2, 0) is 13.2 Å². The Hall–Kier alpha value is -1.71. The maximum Gasteiger partial charge on any atom is 0.142 e. The molecule has 0 spiro atoms. The molecule has 2 aromatic carbocycles. The van der Waals surface area contributed by atoms with E-state index in [9.17, 15) is 0 Å². The third-order valence-electron chi connectivity index (χ3n) is 3.13. The third-order valence-corrected chi connectivity index (χ3v) is 3.43. The molecule has 0 aliphatic carbocycles. The van der Waals surface area contributed by atoms with Gasteiger partial charge in [0, 0.05) is 12.1 Å². The van der Waals surface area contributed by atoms with Gasteiger partial charge in [-0.2, -0.15) is 0 Å². The molecule has 0 aliphatic rings. The van der Waals surface area contributed by atoms with E-state index in [0.717, 1.165) is 35.7 Å². The number of halogens is 1. The number of ether oxygens (including phenoxy) is 2. The minimum absolute atomic E-state index is 0.458. The normalized spacial score (nSPS) is 10.4. The molecule has 0 saturated heterocycles. The first-order chi connectivity index (χ1) is 10.2. The van der Waals surface area contributed by atoms with Crippen LogP contribution in [0.25, 0.3) is 0 Å². The molecule has 0 radical (unpaired) electrons. The number of para-hydroxylation sites is 1. The molecular weight excluding hydrogens is 286 g/mol. The van der Waals surface area contributed by atoms with Crippen LogP contribution in [0.4, 0.5) is 0 Å². The van der Waals surface area contributed by atoms with Gasteiger partial charge in [0.05, 0.1) is 12.1 Å². The zero-order valence-electron chi connectivity index (χ0n) is 12.4. The Labute approximate surface area is 130 Å². The summed E-state index contributed by atoms with van der Waals surface area (Å²) in [6.45, 7) is 4.17. The van der Waals surface area contributed by atoms with Gasteiger partial charge in [0.25, 0.3) is 0 Å². The highest BCUT2D eigenvalue weighted by Crippen LogP contribution is 2.29. The lowest BCUT2D eigenvalue weighted by molar-refractivity contribution is 0.301. The number of hydrogen-bond acceptors (Lipinski definition) is 3. The second kappa shape index (κ2) is 7.91. The molecule has 2 rings (SSSR count). The third kappa shape index (κ3) is 4.38. The van der Waals surface area contributed by atoms with E-state index in [1.165, 1.54) is 0 Å². The highest BCUT2D eigenvalue weighted by molar-refractivity contribution is 6.32. The van der Waals surface area contributed by atoms with Crippen LogP contribution < -0.4 is 14.8 Å². The fourth-order valence-electron chi connectivity index (χ4n) is 2.03. The van der Waals surface area contributed by atoms with Crippen LogP contribution in [0.5, 0.6) is 11.5 Å². The summed E-state index contributed by atoms with van der Waals surface area (Å²) in [5.74, 6) is 1.56. The van der Waals surface area contributed by atoms with Crippen molar-refractivity contribution >= 4 is 11.6 Å². The van der Waals surface area contributed by atoms with Crippen molar-refractivity contribution in [1.82, 2.24) is 5.32 Å². The van der Waals surface area contributed by atoms with Crippen LogP contribution in [0.2, 0.25) is 5.02 Å². The first-order valence-corrected chi connectivity index (χ1v) is 7.36. The molecule has 0 heterocycles. The van der Waals surface area contributed by atoms with Crippen LogP contribution in [0.15, 0.2) is 42.5 Å². The molecule has 4 heteroatoms. The Bertz CT molecular complexity index is 587. The lowest BCUT2D eigenvalue weighted by atomic mass is 10.2. The maximum atomic E-state index is 6.26. The summed E-state index contributed by atoms with van der Waals surface area (Å²) in [4.78, 5) is 0. The van der Waals surface area contributed by atoms with Crippen molar-refractivity contribution in [2.24, 2.45) is 0 Å². The van der Waals surface area contributed by atoms with E-state index >= 15 is 0 Å². The number of nitrogens with one attached hydrogen (secondary N) is 1. The summed E-state index contributed by atoms with van der Waals surface area (Å²) < 4.78 is 11.1. The van der Waals surface area contributed by atoms with Gasteiger partial charge in [-0.3, -0.25) is 0 Å². The molecule has 0 aromatic heterocycles. The zero-order chi connectivity index (χ0) is 15.1. The molecule has 0 fully saturated rings. The van der Waals surface area contributed by atoms with Gasteiger partial charge in [-0.15, -0.1) is 0 Å². The molecule has 0 bridgehead atoms. The van der Waals surface area contributed by atoms with Crippen molar-refractivity contribution in [3.8, 4) is 11.5 Å². The SMILES string of the molecule is CCNCc1cccc(Cl)c1OCc1cccc(OC)c1. The summed E-state index contributed by atoms with van der Waals surface area (Å²) in [6, 6.07) is 13.6. The van der Waals surface area contributed by atoms with E-state index in [-0.39, 0.29) is 0 Å². The molecule has 0 atom stereocenters. The zero-order valence-corrected chi connectivity index (χ0v) is 13.1. The van der Waals surface area contributed by atoms with E-state index in [1.807, 2.05) is 42.5 Å². The molecule has 2 aromatic rings. The molecule has 21 heavy (non-hydrogen) atoms. The van der Waals surface area contributed by atoms with Crippen molar-refractivity contribution in [3.63, 3.8) is 0 Å². The fraction of sp³-hybridized carbons (Fsp3) is 0.294. The van der Waals surface area contributed by atoms with E-state index in [4.69, 9.17) is 21.1 Å². The monoisotopic (exact) mass is 305 g/mol. The van der Waals surface area contributed by atoms with Crippen LogP contribution in [0.3, 0.4) is 0 Å². The standard InChI is InChI=1S/C17H20ClNO2/c1-3-19-11-14-7-5-9-16(18)17(14)21-12-13-6-4-8-15(10-13)20-2/h4-10,19H,3,11-12H2,1-2H3. The van der Waals surface area contributed by atoms with Crippen LogP contribution >= 0.6 is 11.6 Å². The Morgan fingerprint density at radius 2 is 1.95 bits per heavy atom. The van der Waals surface area contributed by atoms with Crippen LogP contribution in [-0.4, -0.2) is 13.7 Å². The fourth-order valence-corrected chi connectivity index (χ4v) is 2.28. The maximum absolute atomic E-state index is 6.26. The van der Waals surface area contributed by atoms with Gasteiger partial charge in [0.15, 0.2) is 0 Å². The highest BCUT2D eigenvalue weighted by Gasteiger charge is 2.08. The van der Waals surface area contributed by atoms with E-state index in [1.54, 1.807) is 7.11 Å². The minimum atomic E-state index is 0.458. The second-order valence-electron chi connectivity index (χ2n) is 4.65. The van der Waals surface area contributed by atoms with Crippen molar-refractivity contribution in [1.29, 1.82) is 0 Å². The predicted octanol–water partition coefficient (Wildman–Crippen LogP) is 4.04. The molecule has 0 aliphatic heterocycles. The average molecular weight is 306 g/mol. The molecule has 0 amide bonds. The summed E-state index contributed by atoms with van der Waals surface area (Å²) in [7, 11) is 1.66. The Morgan fingerprint density at radius 3 is 2.71 bits per heavy atom. The first-order valence-electron chi connectivity index (χ1n) is 6.98. The molecule has 3 nitrogen and oxygen atoms in total. The predicted molar refractivity (Wildman–Crippen MR) is 86.2 cm³/mol. The lowest BCUT2D eigenvalue weighted by Gasteiger charge is -2.14. The van der Waals surface area contributed by atoms with Crippen LogP contribution in [0.1, 0.15) is 18.1 Å². The van der Waals surface area contributed by atoms with Gasteiger partial charge in [0.1, 0.15) is 18.1 Å². The minimum Gasteiger partial charge on any atom is -0.497 e. The summed E-state index contributed by atoms with van der Waals surface area (Å²) in [5.41, 5.74) is 2.11. The Kier molecular flexibility index (Phi) is 5.90. The smallest absolute Gasteiger partial charge is 0.142 e. The van der Waals surface area contributed by atoms with Gasteiger partial charge in [-0.1, -0.05) is 42.8 Å². The van der Waals surface area contributed by atoms with Gasteiger partial charge in [-0.25, -0.2) is 0 Å². The van der Waals surface area contributed by atoms with Crippen LogP contribution in [0, 0.1) is 0 Å². The van der Waals surface area contributed by atoms with Crippen molar-refractivity contribution in [2.75, 3.05) is 13.7 Å². The molecular formula is C17H20ClNO2. The van der Waals surface area contributed by atoms with Crippen molar-refractivity contribution in [3.05, 3.63) is 58.6 Å². The number of hydrogen-bond donors (Lipinski definition) is 1. The van der Waals surface area contributed by atoms with E-state index < -0.39 is 0 Å². The first kappa shape index (κ1) is 15.7. The van der Waals surface area contributed by atoms with E-state index in [2.05, 4.69) is 12.2 Å².